The monoisotopic (exact) mass is 514 g/mol. The maximum Gasteiger partial charge on any atom is 0.471 e. The summed E-state index contributed by atoms with van der Waals surface area (Å²) < 4.78 is 44.9. The summed E-state index contributed by atoms with van der Waals surface area (Å²) in [5.41, 5.74) is 0.456. The van der Waals surface area contributed by atoms with Gasteiger partial charge in [0.05, 0.1) is 5.92 Å². The molecule has 1 aliphatic heterocycles. The summed E-state index contributed by atoms with van der Waals surface area (Å²) >= 11 is 0. The molecule has 0 radical (unpaired) electrons. The molecule has 1 amide bonds. The van der Waals surface area contributed by atoms with Gasteiger partial charge in [0.15, 0.2) is 11.6 Å². The van der Waals surface area contributed by atoms with Gasteiger partial charge in [-0.15, -0.1) is 0 Å². The van der Waals surface area contributed by atoms with Crippen LogP contribution in [0.2, 0.25) is 0 Å². The minimum absolute atomic E-state index is 0.0256. The van der Waals surface area contributed by atoms with Crippen LogP contribution in [0.15, 0.2) is 60.9 Å². The number of benzene rings is 2. The molecule has 2 N–H and O–H groups in total. The molecule has 2 aromatic carbocycles. The number of piperidine rings is 1. The number of carbonyl (C=O) groups excluding carboxylic acids is 2. The van der Waals surface area contributed by atoms with Gasteiger partial charge >= 0.3 is 18.1 Å². The predicted octanol–water partition coefficient (Wildman–Crippen LogP) is 4.30. The third-order valence-corrected chi connectivity index (χ3v) is 5.80. The highest BCUT2D eigenvalue weighted by Crippen LogP contribution is 2.37. The standard InChI is InChI=1S/C25H21F3N4O5/c26-25(27,28)24(36)31-19-21(32-12-10-17(11-13-32)23(34)35)29-14-30-22(19)37-18-8-6-16(7-9-18)20(33)15-4-2-1-3-5-15/h1-9,14,17H,10-13H2,(H,31,36)(H,34,35). The van der Waals surface area contributed by atoms with E-state index in [1.165, 1.54) is 24.3 Å². The van der Waals surface area contributed by atoms with Crippen molar-refractivity contribution in [2.45, 2.75) is 19.0 Å². The number of rotatable bonds is 7. The molecule has 12 heteroatoms. The molecule has 4 rings (SSSR count). The number of amides is 1. The second-order valence-corrected chi connectivity index (χ2v) is 8.25. The number of hydrogen-bond donors (Lipinski definition) is 2. The van der Waals surface area contributed by atoms with Gasteiger partial charge in [-0.2, -0.15) is 18.2 Å². The van der Waals surface area contributed by atoms with E-state index in [-0.39, 0.29) is 49.2 Å². The summed E-state index contributed by atoms with van der Waals surface area (Å²) in [6, 6.07) is 14.5. The second kappa shape index (κ2) is 10.6. The number of carboxylic acid groups (broad SMARTS) is 1. The third-order valence-electron chi connectivity index (χ3n) is 5.80. The first-order valence-corrected chi connectivity index (χ1v) is 11.2. The van der Waals surface area contributed by atoms with Crippen molar-refractivity contribution in [3.05, 3.63) is 72.1 Å². The Labute approximate surface area is 208 Å². The topological polar surface area (TPSA) is 122 Å². The lowest BCUT2D eigenvalue weighted by Crippen LogP contribution is -2.38. The Morgan fingerprint density at radius 1 is 0.946 bits per heavy atom. The first-order chi connectivity index (χ1) is 17.6. The van der Waals surface area contributed by atoms with Gasteiger partial charge in [0.2, 0.25) is 5.88 Å². The van der Waals surface area contributed by atoms with Crippen molar-refractivity contribution < 1.29 is 37.4 Å². The fourth-order valence-corrected chi connectivity index (χ4v) is 3.85. The number of nitrogens with zero attached hydrogens (tertiary/aromatic N) is 3. The van der Waals surface area contributed by atoms with Crippen molar-refractivity contribution in [3.63, 3.8) is 0 Å². The largest absolute Gasteiger partial charge is 0.481 e. The Bertz CT molecular complexity index is 1290. The Balaban J connectivity index is 1.61. The summed E-state index contributed by atoms with van der Waals surface area (Å²) in [4.78, 5) is 45.2. The van der Waals surface area contributed by atoms with Crippen molar-refractivity contribution in [1.82, 2.24) is 9.97 Å². The fraction of sp³-hybridized carbons (Fsp3) is 0.240. The smallest absolute Gasteiger partial charge is 0.471 e. The molecule has 9 nitrogen and oxygen atoms in total. The highest BCUT2D eigenvalue weighted by Gasteiger charge is 2.40. The Kier molecular flexibility index (Phi) is 7.37. The van der Waals surface area contributed by atoms with Crippen LogP contribution in [0.5, 0.6) is 11.6 Å². The fourth-order valence-electron chi connectivity index (χ4n) is 3.85. The zero-order chi connectivity index (χ0) is 26.6. The van der Waals surface area contributed by atoms with Crippen molar-refractivity contribution in [2.24, 2.45) is 5.92 Å². The molecule has 1 fully saturated rings. The third kappa shape index (κ3) is 6.02. The molecular formula is C25H21F3N4O5. The van der Waals surface area contributed by atoms with Gasteiger partial charge in [-0.1, -0.05) is 30.3 Å². The SMILES string of the molecule is O=C(c1ccccc1)c1ccc(Oc2ncnc(N3CCC(C(=O)O)CC3)c2NC(=O)C(F)(F)F)cc1. The van der Waals surface area contributed by atoms with E-state index in [9.17, 15) is 32.7 Å². The van der Waals surface area contributed by atoms with E-state index in [4.69, 9.17) is 4.74 Å². The Morgan fingerprint density at radius 3 is 2.16 bits per heavy atom. The van der Waals surface area contributed by atoms with Crippen LogP contribution >= 0.6 is 0 Å². The molecule has 1 aromatic heterocycles. The molecule has 2 heterocycles. The average molecular weight is 514 g/mol. The zero-order valence-electron chi connectivity index (χ0n) is 19.2. The number of carbonyl (C=O) groups is 3. The van der Waals surface area contributed by atoms with E-state index < -0.39 is 29.7 Å². The molecule has 37 heavy (non-hydrogen) atoms. The lowest BCUT2D eigenvalue weighted by Gasteiger charge is -2.32. The summed E-state index contributed by atoms with van der Waals surface area (Å²) in [5.74, 6) is -4.21. The number of halogens is 3. The quantitative estimate of drug-likeness (QED) is 0.448. The lowest BCUT2D eigenvalue weighted by molar-refractivity contribution is -0.167. The average Bonchev–Trinajstić information content (AvgIpc) is 2.89. The van der Waals surface area contributed by atoms with Gasteiger partial charge in [-0.3, -0.25) is 14.4 Å². The van der Waals surface area contributed by atoms with Crippen LogP contribution in [0, 0.1) is 5.92 Å². The molecule has 0 spiro atoms. The van der Waals surface area contributed by atoms with E-state index in [0.717, 1.165) is 6.33 Å². The summed E-state index contributed by atoms with van der Waals surface area (Å²) in [6.45, 7) is 0.386. The van der Waals surface area contributed by atoms with Crippen LogP contribution in [0.1, 0.15) is 28.8 Å². The van der Waals surface area contributed by atoms with Crippen molar-refractivity contribution in [1.29, 1.82) is 0 Å². The normalized spacial score (nSPS) is 14.2. The second-order valence-electron chi connectivity index (χ2n) is 8.25. The van der Waals surface area contributed by atoms with Crippen LogP contribution in [-0.4, -0.2) is 52.0 Å². The van der Waals surface area contributed by atoms with Gasteiger partial charge < -0.3 is 20.1 Å². The van der Waals surface area contributed by atoms with Crippen molar-refractivity contribution >= 4 is 29.2 Å². The Morgan fingerprint density at radius 2 is 1.57 bits per heavy atom. The van der Waals surface area contributed by atoms with Crippen LogP contribution in [-0.2, 0) is 9.59 Å². The highest BCUT2D eigenvalue weighted by molar-refractivity contribution is 6.09. The number of alkyl halides is 3. The number of ether oxygens (including phenoxy) is 1. The minimum Gasteiger partial charge on any atom is -0.481 e. The number of carboxylic acids is 1. The maximum atomic E-state index is 13.1. The summed E-state index contributed by atoms with van der Waals surface area (Å²) in [7, 11) is 0. The zero-order valence-corrected chi connectivity index (χ0v) is 19.2. The number of nitrogens with one attached hydrogen (secondary N) is 1. The minimum atomic E-state index is -5.18. The number of ketones is 1. The molecule has 1 aliphatic rings. The first-order valence-electron chi connectivity index (χ1n) is 11.2. The van der Waals surface area contributed by atoms with Crippen LogP contribution in [0.3, 0.4) is 0 Å². The molecule has 0 aliphatic carbocycles. The van der Waals surface area contributed by atoms with Gasteiger partial charge in [0.1, 0.15) is 17.8 Å². The van der Waals surface area contributed by atoms with Gasteiger partial charge in [-0.05, 0) is 37.1 Å². The van der Waals surface area contributed by atoms with Gasteiger partial charge in [0, 0.05) is 24.2 Å². The Hall–Kier alpha value is -4.48. The molecule has 1 saturated heterocycles. The van der Waals surface area contributed by atoms with Crippen molar-refractivity contribution in [2.75, 3.05) is 23.3 Å². The number of anilines is 2. The van der Waals surface area contributed by atoms with Crippen LogP contribution < -0.4 is 15.0 Å². The molecule has 0 bridgehead atoms. The summed E-state index contributed by atoms with van der Waals surface area (Å²) in [5, 5.41) is 11.0. The number of hydrogen-bond acceptors (Lipinski definition) is 7. The van der Waals surface area contributed by atoms with E-state index in [1.54, 1.807) is 40.5 Å². The van der Waals surface area contributed by atoms with E-state index in [2.05, 4.69) is 9.97 Å². The first kappa shape index (κ1) is 25.6. The number of aromatic nitrogens is 2. The van der Waals surface area contributed by atoms with E-state index in [0.29, 0.717) is 11.1 Å². The van der Waals surface area contributed by atoms with E-state index >= 15 is 0 Å². The summed E-state index contributed by atoms with van der Waals surface area (Å²) in [6.07, 6.45) is -3.61. The van der Waals surface area contributed by atoms with Gasteiger partial charge in [0.25, 0.3) is 0 Å². The molecule has 0 unspecified atom stereocenters. The molecule has 0 atom stereocenters. The number of aliphatic carboxylic acids is 1. The maximum absolute atomic E-state index is 13.1. The van der Waals surface area contributed by atoms with Crippen LogP contribution in [0.4, 0.5) is 24.7 Å². The van der Waals surface area contributed by atoms with Crippen LogP contribution in [0.25, 0.3) is 0 Å². The molecule has 0 saturated carbocycles. The lowest BCUT2D eigenvalue weighted by atomic mass is 9.97. The highest BCUT2D eigenvalue weighted by atomic mass is 19.4. The van der Waals surface area contributed by atoms with E-state index in [1.807, 2.05) is 0 Å². The van der Waals surface area contributed by atoms with Gasteiger partial charge in [-0.25, -0.2) is 4.98 Å². The molecule has 3 aromatic rings. The molecular weight excluding hydrogens is 493 g/mol. The van der Waals surface area contributed by atoms with Crippen molar-refractivity contribution in [3.8, 4) is 11.6 Å². The molecule has 192 valence electrons. The predicted molar refractivity (Wildman–Crippen MR) is 126 cm³/mol.